The average molecular weight is 211 g/mol. The summed E-state index contributed by atoms with van der Waals surface area (Å²) in [7, 11) is 0. The molecule has 3 nitrogen and oxygen atoms in total. The van der Waals surface area contributed by atoms with Crippen molar-refractivity contribution in [1.29, 1.82) is 0 Å². The van der Waals surface area contributed by atoms with Crippen molar-refractivity contribution in [3.05, 3.63) is 29.6 Å². The maximum Gasteiger partial charge on any atom is 0.220 e. The monoisotopic (exact) mass is 211 g/mol. The summed E-state index contributed by atoms with van der Waals surface area (Å²) in [6, 6.07) is 3.27. The van der Waals surface area contributed by atoms with E-state index >= 15 is 0 Å². The van der Waals surface area contributed by atoms with E-state index in [4.69, 9.17) is 0 Å². The van der Waals surface area contributed by atoms with Gasteiger partial charge in [-0.15, -0.1) is 0 Å². The number of aromatic hydroxyl groups is 1. The second kappa shape index (κ2) is 4.77. The molecule has 0 heterocycles. The van der Waals surface area contributed by atoms with Crippen LogP contribution in [0.15, 0.2) is 18.2 Å². The van der Waals surface area contributed by atoms with Gasteiger partial charge in [0.1, 0.15) is 11.6 Å². The molecule has 15 heavy (non-hydrogen) atoms. The van der Waals surface area contributed by atoms with E-state index in [1.54, 1.807) is 13.8 Å². The number of hydrogen-bond acceptors (Lipinski definition) is 2. The van der Waals surface area contributed by atoms with Crippen LogP contribution in [-0.2, 0) is 4.79 Å². The molecule has 0 aliphatic heterocycles. The number of halogens is 1. The minimum atomic E-state index is -0.430. The number of carbonyl (C=O) groups excluding carboxylic acids is 1. The van der Waals surface area contributed by atoms with Gasteiger partial charge in [-0.05, 0) is 25.1 Å². The lowest BCUT2D eigenvalue weighted by molar-refractivity contribution is -0.121. The predicted molar refractivity (Wildman–Crippen MR) is 54.9 cm³/mol. The second-order valence-electron chi connectivity index (χ2n) is 3.35. The maximum atomic E-state index is 12.9. The second-order valence-corrected chi connectivity index (χ2v) is 3.35. The van der Waals surface area contributed by atoms with Gasteiger partial charge >= 0.3 is 0 Å². The van der Waals surface area contributed by atoms with E-state index in [2.05, 4.69) is 5.32 Å². The van der Waals surface area contributed by atoms with Crippen LogP contribution in [0.25, 0.3) is 0 Å². The molecule has 0 saturated heterocycles. The SMILES string of the molecule is CCC(=O)NC(C)c1cc(F)ccc1O. The summed E-state index contributed by atoms with van der Waals surface area (Å²) in [5, 5.41) is 12.1. The molecule has 1 amide bonds. The molecule has 1 unspecified atom stereocenters. The van der Waals surface area contributed by atoms with E-state index in [0.717, 1.165) is 0 Å². The molecule has 0 fully saturated rings. The molecule has 1 rings (SSSR count). The molecule has 0 aromatic heterocycles. The van der Waals surface area contributed by atoms with Crippen LogP contribution < -0.4 is 5.32 Å². The first-order valence-corrected chi connectivity index (χ1v) is 4.82. The summed E-state index contributed by atoms with van der Waals surface area (Å²) in [4.78, 5) is 11.1. The summed E-state index contributed by atoms with van der Waals surface area (Å²) in [6.45, 7) is 3.43. The average Bonchev–Trinajstić information content (AvgIpc) is 2.21. The third-order valence-electron chi connectivity index (χ3n) is 2.15. The number of phenols is 1. The molecule has 4 heteroatoms. The van der Waals surface area contributed by atoms with Crippen LogP contribution in [0.1, 0.15) is 31.9 Å². The van der Waals surface area contributed by atoms with Crippen LogP contribution in [0.4, 0.5) is 4.39 Å². The van der Waals surface area contributed by atoms with E-state index in [1.807, 2.05) is 0 Å². The van der Waals surface area contributed by atoms with Gasteiger partial charge in [-0.2, -0.15) is 0 Å². The summed E-state index contributed by atoms with van der Waals surface area (Å²) in [5.41, 5.74) is 0.386. The van der Waals surface area contributed by atoms with E-state index in [9.17, 15) is 14.3 Å². The Kier molecular flexibility index (Phi) is 3.66. The van der Waals surface area contributed by atoms with Crippen molar-refractivity contribution in [1.82, 2.24) is 5.32 Å². The van der Waals surface area contributed by atoms with Crippen molar-refractivity contribution in [2.75, 3.05) is 0 Å². The lowest BCUT2D eigenvalue weighted by Gasteiger charge is -2.15. The molecular weight excluding hydrogens is 197 g/mol. The fraction of sp³-hybridized carbons (Fsp3) is 0.364. The van der Waals surface area contributed by atoms with Crippen molar-refractivity contribution in [3.8, 4) is 5.75 Å². The Labute approximate surface area is 87.9 Å². The zero-order valence-electron chi connectivity index (χ0n) is 8.75. The third kappa shape index (κ3) is 2.94. The Hall–Kier alpha value is -1.58. The van der Waals surface area contributed by atoms with Gasteiger partial charge in [0.2, 0.25) is 5.91 Å². The Morgan fingerprint density at radius 2 is 2.27 bits per heavy atom. The molecule has 0 radical (unpaired) electrons. The van der Waals surface area contributed by atoms with Gasteiger partial charge < -0.3 is 10.4 Å². The van der Waals surface area contributed by atoms with Gasteiger partial charge in [0.15, 0.2) is 0 Å². The fourth-order valence-corrected chi connectivity index (χ4v) is 1.29. The molecule has 0 saturated carbocycles. The lowest BCUT2D eigenvalue weighted by atomic mass is 10.1. The highest BCUT2D eigenvalue weighted by Crippen LogP contribution is 2.24. The van der Waals surface area contributed by atoms with E-state index < -0.39 is 11.9 Å². The molecule has 0 bridgehead atoms. The molecule has 1 atom stereocenters. The highest BCUT2D eigenvalue weighted by molar-refractivity contribution is 5.76. The number of carbonyl (C=O) groups is 1. The zero-order valence-corrected chi connectivity index (χ0v) is 8.75. The van der Waals surface area contributed by atoms with Crippen molar-refractivity contribution in [3.63, 3.8) is 0 Å². The van der Waals surface area contributed by atoms with Crippen LogP contribution in [0, 0.1) is 5.82 Å². The van der Waals surface area contributed by atoms with Crippen LogP contribution in [0.3, 0.4) is 0 Å². The molecule has 1 aromatic rings. The highest BCUT2D eigenvalue weighted by atomic mass is 19.1. The summed E-state index contributed by atoms with van der Waals surface area (Å²) in [6.07, 6.45) is 0.362. The van der Waals surface area contributed by atoms with Crippen LogP contribution in [0.5, 0.6) is 5.75 Å². The molecule has 82 valence electrons. The summed E-state index contributed by atoms with van der Waals surface area (Å²) < 4.78 is 12.9. The number of nitrogens with one attached hydrogen (secondary N) is 1. The summed E-state index contributed by atoms with van der Waals surface area (Å²) >= 11 is 0. The molecule has 2 N–H and O–H groups in total. The Balaban J connectivity index is 2.85. The first kappa shape index (κ1) is 11.5. The Morgan fingerprint density at radius 1 is 1.60 bits per heavy atom. The predicted octanol–water partition coefficient (Wildman–Crippen LogP) is 2.12. The number of rotatable bonds is 3. The Morgan fingerprint density at radius 3 is 2.87 bits per heavy atom. The van der Waals surface area contributed by atoms with Crippen molar-refractivity contribution < 1.29 is 14.3 Å². The lowest BCUT2D eigenvalue weighted by Crippen LogP contribution is -2.25. The van der Waals surface area contributed by atoms with Gasteiger partial charge in [0.05, 0.1) is 6.04 Å². The first-order chi connectivity index (χ1) is 7.04. The van der Waals surface area contributed by atoms with Gasteiger partial charge in [-0.3, -0.25) is 4.79 Å². The Bertz CT molecular complexity index is 366. The molecule has 0 aliphatic carbocycles. The van der Waals surface area contributed by atoms with Crippen molar-refractivity contribution in [2.45, 2.75) is 26.3 Å². The van der Waals surface area contributed by atoms with Crippen LogP contribution >= 0.6 is 0 Å². The number of hydrogen-bond donors (Lipinski definition) is 2. The normalized spacial score (nSPS) is 12.2. The molecular formula is C11H14FNO2. The van der Waals surface area contributed by atoms with Gasteiger partial charge in [0, 0.05) is 12.0 Å². The zero-order chi connectivity index (χ0) is 11.4. The van der Waals surface area contributed by atoms with Crippen LogP contribution in [-0.4, -0.2) is 11.0 Å². The van der Waals surface area contributed by atoms with Gasteiger partial charge in [-0.25, -0.2) is 4.39 Å². The quantitative estimate of drug-likeness (QED) is 0.804. The van der Waals surface area contributed by atoms with Gasteiger partial charge in [0.25, 0.3) is 0 Å². The largest absolute Gasteiger partial charge is 0.508 e. The van der Waals surface area contributed by atoms with Gasteiger partial charge in [-0.1, -0.05) is 6.92 Å². The minimum Gasteiger partial charge on any atom is -0.508 e. The number of phenolic OH excluding ortho intramolecular Hbond substituents is 1. The van der Waals surface area contributed by atoms with Crippen molar-refractivity contribution in [2.24, 2.45) is 0 Å². The number of benzene rings is 1. The highest BCUT2D eigenvalue weighted by Gasteiger charge is 2.12. The van der Waals surface area contributed by atoms with E-state index in [1.165, 1.54) is 18.2 Å². The fourth-order valence-electron chi connectivity index (χ4n) is 1.29. The third-order valence-corrected chi connectivity index (χ3v) is 2.15. The smallest absolute Gasteiger partial charge is 0.220 e. The topological polar surface area (TPSA) is 49.3 Å². The van der Waals surface area contributed by atoms with E-state index in [-0.39, 0.29) is 11.7 Å². The summed E-state index contributed by atoms with van der Waals surface area (Å²) in [5.74, 6) is -0.577. The van der Waals surface area contributed by atoms with E-state index in [0.29, 0.717) is 12.0 Å². The standard InChI is InChI=1S/C11H14FNO2/c1-3-11(15)13-7(2)9-6-8(12)4-5-10(9)14/h4-7,14H,3H2,1-2H3,(H,13,15). The molecule has 1 aromatic carbocycles. The molecule has 0 aliphatic rings. The van der Waals surface area contributed by atoms with Crippen molar-refractivity contribution >= 4 is 5.91 Å². The maximum absolute atomic E-state index is 12.9. The number of amides is 1. The first-order valence-electron chi connectivity index (χ1n) is 4.82. The minimum absolute atomic E-state index is 0.0136. The molecule has 0 spiro atoms. The van der Waals surface area contributed by atoms with Crippen LogP contribution in [0.2, 0.25) is 0 Å².